The topological polar surface area (TPSA) is 38.3 Å². The Hall–Kier alpha value is -0.280. The number of amides is 1. The molecular formula is C8H16ClNO2. The lowest BCUT2D eigenvalue weighted by Crippen LogP contribution is -2.25. The Morgan fingerprint density at radius 1 is 1.50 bits per heavy atom. The minimum Gasteiger partial charge on any atom is -0.382 e. The highest BCUT2D eigenvalue weighted by atomic mass is 35.5. The second-order valence-corrected chi connectivity index (χ2v) is 2.65. The highest BCUT2D eigenvalue weighted by Crippen LogP contribution is 1.88. The molecule has 0 aliphatic carbocycles. The molecule has 1 amide bonds. The Morgan fingerprint density at radius 2 is 2.25 bits per heavy atom. The molecule has 1 N–H and O–H groups in total. The minimum atomic E-state index is -0.104. The van der Waals surface area contributed by atoms with Crippen molar-refractivity contribution >= 4 is 17.5 Å². The average Bonchev–Trinajstić information content (AvgIpc) is 2.10. The molecule has 0 bridgehead atoms. The summed E-state index contributed by atoms with van der Waals surface area (Å²) in [7, 11) is 0. The third kappa shape index (κ3) is 7.82. The molecule has 0 spiro atoms. The first kappa shape index (κ1) is 11.7. The van der Waals surface area contributed by atoms with E-state index in [1.165, 1.54) is 0 Å². The van der Waals surface area contributed by atoms with Gasteiger partial charge >= 0.3 is 0 Å². The highest BCUT2D eigenvalue weighted by Gasteiger charge is 1.95. The summed E-state index contributed by atoms with van der Waals surface area (Å²) in [5, 5.41) is 2.68. The van der Waals surface area contributed by atoms with Crippen molar-refractivity contribution in [1.29, 1.82) is 0 Å². The zero-order valence-corrected chi connectivity index (χ0v) is 8.19. The first-order chi connectivity index (χ1) is 5.81. The highest BCUT2D eigenvalue weighted by molar-refractivity contribution is 6.27. The van der Waals surface area contributed by atoms with Crippen molar-refractivity contribution in [1.82, 2.24) is 5.32 Å². The van der Waals surface area contributed by atoms with Crippen molar-refractivity contribution < 1.29 is 9.53 Å². The van der Waals surface area contributed by atoms with E-state index >= 15 is 0 Å². The largest absolute Gasteiger partial charge is 0.382 e. The Morgan fingerprint density at radius 3 is 2.83 bits per heavy atom. The maximum Gasteiger partial charge on any atom is 0.234 e. The SMILES string of the molecule is CCOCCCCNC(=O)CCl. The molecule has 0 unspecified atom stereocenters. The molecule has 72 valence electrons. The van der Waals surface area contributed by atoms with Gasteiger partial charge in [0.15, 0.2) is 0 Å². The molecule has 0 heterocycles. The average molecular weight is 194 g/mol. The van der Waals surface area contributed by atoms with Crippen molar-refractivity contribution in [3.05, 3.63) is 0 Å². The van der Waals surface area contributed by atoms with Gasteiger partial charge in [0, 0.05) is 19.8 Å². The molecule has 0 fully saturated rings. The summed E-state index contributed by atoms with van der Waals surface area (Å²) in [6.07, 6.45) is 1.93. The Kier molecular flexibility index (Phi) is 8.61. The Balaban J connectivity index is 2.95. The predicted molar refractivity (Wildman–Crippen MR) is 49.5 cm³/mol. The first-order valence-corrected chi connectivity index (χ1v) is 4.75. The summed E-state index contributed by atoms with van der Waals surface area (Å²) in [6, 6.07) is 0. The standard InChI is InChI=1S/C8H16ClNO2/c1-2-12-6-4-3-5-10-8(11)7-9/h2-7H2,1H3,(H,10,11). The Labute approximate surface area is 78.4 Å². The summed E-state index contributed by atoms with van der Waals surface area (Å²) in [6.45, 7) is 4.19. The second kappa shape index (κ2) is 8.81. The first-order valence-electron chi connectivity index (χ1n) is 4.21. The summed E-state index contributed by atoms with van der Waals surface area (Å²) in [5.41, 5.74) is 0. The van der Waals surface area contributed by atoms with E-state index in [2.05, 4.69) is 5.32 Å². The van der Waals surface area contributed by atoms with Gasteiger partial charge in [-0.15, -0.1) is 11.6 Å². The van der Waals surface area contributed by atoms with Crippen LogP contribution in [0.25, 0.3) is 0 Å². The van der Waals surface area contributed by atoms with Crippen molar-refractivity contribution in [2.45, 2.75) is 19.8 Å². The maximum atomic E-state index is 10.6. The summed E-state index contributed by atoms with van der Waals surface area (Å²) in [4.78, 5) is 10.6. The van der Waals surface area contributed by atoms with Crippen LogP contribution in [-0.4, -0.2) is 31.5 Å². The van der Waals surface area contributed by atoms with Crippen LogP contribution in [0.1, 0.15) is 19.8 Å². The number of carbonyl (C=O) groups is 1. The summed E-state index contributed by atoms with van der Waals surface area (Å²) in [5.74, 6) is -0.0565. The van der Waals surface area contributed by atoms with E-state index in [0.717, 1.165) is 26.1 Å². The number of hydrogen-bond donors (Lipinski definition) is 1. The van der Waals surface area contributed by atoms with E-state index in [1.54, 1.807) is 0 Å². The van der Waals surface area contributed by atoms with Crippen LogP contribution in [0.3, 0.4) is 0 Å². The van der Waals surface area contributed by atoms with Crippen LogP contribution in [0, 0.1) is 0 Å². The molecule has 0 aromatic heterocycles. The molecule has 3 nitrogen and oxygen atoms in total. The molecule has 0 aliphatic rings. The summed E-state index contributed by atoms with van der Waals surface area (Å²) < 4.78 is 5.13. The quantitative estimate of drug-likeness (QED) is 0.487. The van der Waals surface area contributed by atoms with Crippen LogP contribution >= 0.6 is 11.6 Å². The normalized spacial score (nSPS) is 9.83. The fourth-order valence-corrected chi connectivity index (χ4v) is 0.843. The van der Waals surface area contributed by atoms with Crippen LogP contribution in [-0.2, 0) is 9.53 Å². The molecule has 4 heteroatoms. The minimum absolute atomic E-state index is 0.0471. The van der Waals surface area contributed by atoms with Crippen molar-refractivity contribution in [3.8, 4) is 0 Å². The van der Waals surface area contributed by atoms with E-state index in [1.807, 2.05) is 6.92 Å². The van der Waals surface area contributed by atoms with Crippen LogP contribution in [0.5, 0.6) is 0 Å². The number of ether oxygens (including phenoxy) is 1. The van der Waals surface area contributed by atoms with E-state index in [-0.39, 0.29) is 11.8 Å². The predicted octanol–water partition coefficient (Wildman–Crippen LogP) is 1.16. The molecule has 0 radical (unpaired) electrons. The third-order valence-corrected chi connectivity index (χ3v) is 1.61. The lowest BCUT2D eigenvalue weighted by atomic mass is 10.3. The molecule has 0 aliphatic heterocycles. The zero-order chi connectivity index (χ0) is 9.23. The van der Waals surface area contributed by atoms with E-state index in [0.29, 0.717) is 6.54 Å². The molecule has 0 atom stereocenters. The van der Waals surface area contributed by atoms with Crippen LogP contribution < -0.4 is 5.32 Å². The second-order valence-electron chi connectivity index (χ2n) is 2.39. The molecule has 12 heavy (non-hydrogen) atoms. The van der Waals surface area contributed by atoms with Gasteiger partial charge in [0.1, 0.15) is 5.88 Å². The lowest BCUT2D eigenvalue weighted by Gasteiger charge is -2.02. The number of nitrogens with one attached hydrogen (secondary N) is 1. The fraction of sp³-hybridized carbons (Fsp3) is 0.875. The van der Waals surface area contributed by atoms with Crippen molar-refractivity contribution in [2.24, 2.45) is 0 Å². The zero-order valence-electron chi connectivity index (χ0n) is 7.44. The number of rotatable bonds is 7. The lowest BCUT2D eigenvalue weighted by molar-refractivity contribution is -0.118. The molecule has 0 aromatic carbocycles. The van der Waals surface area contributed by atoms with Gasteiger partial charge in [-0.05, 0) is 19.8 Å². The van der Waals surface area contributed by atoms with E-state index in [9.17, 15) is 4.79 Å². The number of unbranched alkanes of at least 4 members (excludes halogenated alkanes) is 1. The molecule has 0 saturated carbocycles. The van der Waals surface area contributed by atoms with Crippen LogP contribution in [0.2, 0.25) is 0 Å². The fourth-order valence-electron chi connectivity index (χ4n) is 0.749. The monoisotopic (exact) mass is 193 g/mol. The van der Waals surface area contributed by atoms with Gasteiger partial charge in [-0.25, -0.2) is 0 Å². The third-order valence-electron chi connectivity index (χ3n) is 1.36. The smallest absolute Gasteiger partial charge is 0.234 e. The van der Waals surface area contributed by atoms with Crippen LogP contribution in [0.4, 0.5) is 0 Å². The van der Waals surface area contributed by atoms with Crippen molar-refractivity contribution in [2.75, 3.05) is 25.6 Å². The maximum absolute atomic E-state index is 10.6. The van der Waals surface area contributed by atoms with Gasteiger partial charge < -0.3 is 10.1 Å². The number of alkyl halides is 1. The van der Waals surface area contributed by atoms with E-state index in [4.69, 9.17) is 16.3 Å². The van der Waals surface area contributed by atoms with E-state index < -0.39 is 0 Å². The molecule has 0 aromatic rings. The number of carbonyl (C=O) groups excluding carboxylic acids is 1. The van der Waals surface area contributed by atoms with Crippen molar-refractivity contribution in [3.63, 3.8) is 0 Å². The summed E-state index contributed by atoms with van der Waals surface area (Å²) >= 11 is 5.28. The number of hydrogen-bond acceptors (Lipinski definition) is 2. The molecule has 0 saturated heterocycles. The Bertz CT molecular complexity index is 120. The van der Waals surface area contributed by atoms with Gasteiger partial charge in [0.2, 0.25) is 5.91 Å². The van der Waals surface area contributed by atoms with Crippen LogP contribution in [0.15, 0.2) is 0 Å². The van der Waals surface area contributed by atoms with Gasteiger partial charge in [0.25, 0.3) is 0 Å². The van der Waals surface area contributed by atoms with Gasteiger partial charge in [-0.1, -0.05) is 0 Å². The molecular weight excluding hydrogens is 178 g/mol. The van der Waals surface area contributed by atoms with Gasteiger partial charge in [0.05, 0.1) is 0 Å². The van der Waals surface area contributed by atoms with Gasteiger partial charge in [-0.3, -0.25) is 4.79 Å². The number of halogens is 1. The molecule has 0 rings (SSSR count). The van der Waals surface area contributed by atoms with Gasteiger partial charge in [-0.2, -0.15) is 0 Å².